The molecule has 5 nitrogen and oxygen atoms in total. The number of thiazole rings is 1. The van der Waals surface area contributed by atoms with Crippen LogP contribution in [0.4, 0.5) is 0 Å². The Balaban J connectivity index is 1.84. The van der Waals surface area contributed by atoms with Crippen LogP contribution >= 0.6 is 11.3 Å². The fourth-order valence-electron chi connectivity index (χ4n) is 2.52. The predicted octanol–water partition coefficient (Wildman–Crippen LogP) is 1.95. The molecule has 19 heavy (non-hydrogen) atoms. The van der Waals surface area contributed by atoms with Crippen LogP contribution in [0.2, 0.25) is 0 Å². The molecule has 1 saturated heterocycles. The second-order valence-electron chi connectivity index (χ2n) is 5.13. The monoisotopic (exact) mass is 279 g/mol. The van der Waals surface area contributed by atoms with Gasteiger partial charge in [0.1, 0.15) is 5.69 Å². The van der Waals surface area contributed by atoms with Gasteiger partial charge in [0.2, 0.25) is 0 Å². The van der Waals surface area contributed by atoms with Crippen LogP contribution in [0.1, 0.15) is 29.2 Å². The van der Waals surface area contributed by atoms with Crippen molar-refractivity contribution < 1.29 is 9.53 Å². The van der Waals surface area contributed by atoms with E-state index < -0.39 is 0 Å². The molecule has 0 saturated carbocycles. The van der Waals surface area contributed by atoms with E-state index in [1.165, 1.54) is 4.88 Å². The van der Waals surface area contributed by atoms with Gasteiger partial charge in [-0.05, 0) is 20.8 Å². The van der Waals surface area contributed by atoms with E-state index in [1.54, 1.807) is 11.3 Å². The molecule has 2 aromatic rings. The van der Waals surface area contributed by atoms with Gasteiger partial charge in [0.15, 0.2) is 4.96 Å². The van der Waals surface area contributed by atoms with Crippen LogP contribution in [0.25, 0.3) is 4.96 Å². The van der Waals surface area contributed by atoms with Crippen molar-refractivity contribution in [2.45, 2.75) is 33.0 Å². The maximum absolute atomic E-state index is 12.4. The molecule has 1 aliphatic heterocycles. The predicted molar refractivity (Wildman–Crippen MR) is 73.7 cm³/mol. The number of carbonyl (C=O) groups excluding carboxylic acids is 1. The fourth-order valence-corrected chi connectivity index (χ4v) is 3.33. The summed E-state index contributed by atoms with van der Waals surface area (Å²) in [6, 6.07) is 0. The van der Waals surface area contributed by atoms with E-state index >= 15 is 0 Å². The van der Waals surface area contributed by atoms with Crippen LogP contribution < -0.4 is 0 Å². The molecule has 2 aromatic heterocycles. The number of nitrogens with zero attached hydrogens (tertiary/aromatic N) is 3. The van der Waals surface area contributed by atoms with Crippen molar-refractivity contribution in [3.05, 3.63) is 23.0 Å². The molecule has 1 amide bonds. The van der Waals surface area contributed by atoms with Crippen LogP contribution in [-0.2, 0) is 4.74 Å². The molecule has 3 rings (SSSR count). The highest BCUT2D eigenvalue weighted by molar-refractivity contribution is 7.17. The first-order valence-corrected chi connectivity index (χ1v) is 7.24. The van der Waals surface area contributed by atoms with E-state index in [9.17, 15) is 4.79 Å². The Morgan fingerprint density at radius 3 is 2.68 bits per heavy atom. The Morgan fingerprint density at radius 1 is 1.37 bits per heavy atom. The normalized spacial score (nSPS) is 24.1. The van der Waals surface area contributed by atoms with Crippen molar-refractivity contribution in [2.75, 3.05) is 13.1 Å². The van der Waals surface area contributed by atoms with Crippen LogP contribution in [0.5, 0.6) is 0 Å². The minimum Gasteiger partial charge on any atom is -0.372 e. The van der Waals surface area contributed by atoms with E-state index in [1.807, 2.05) is 42.5 Å². The number of rotatable bonds is 1. The second kappa shape index (κ2) is 4.61. The van der Waals surface area contributed by atoms with Gasteiger partial charge >= 0.3 is 0 Å². The van der Waals surface area contributed by atoms with Gasteiger partial charge in [-0.25, -0.2) is 4.98 Å². The summed E-state index contributed by atoms with van der Waals surface area (Å²) in [6.45, 7) is 7.28. The summed E-state index contributed by atoms with van der Waals surface area (Å²) in [5.74, 6) is -0.00412. The SMILES string of the molecule is Cc1cn2cc(C(=O)N3CC(C)OC(C)C3)nc2s1. The van der Waals surface area contributed by atoms with Gasteiger partial charge < -0.3 is 9.64 Å². The molecule has 0 aliphatic carbocycles. The number of imidazole rings is 1. The number of hydrogen-bond acceptors (Lipinski definition) is 4. The van der Waals surface area contributed by atoms with Gasteiger partial charge in [-0.3, -0.25) is 9.20 Å². The molecule has 3 heterocycles. The molecule has 102 valence electrons. The van der Waals surface area contributed by atoms with Gasteiger partial charge in [0, 0.05) is 30.4 Å². The number of aryl methyl sites for hydroxylation is 1. The molecular formula is C13H17N3O2S. The highest BCUT2D eigenvalue weighted by Gasteiger charge is 2.28. The third kappa shape index (κ3) is 2.37. The molecule has 0 aromatic carbocycles. The Labute approximate surface area is 115 Å². The van der Waals surface area contributed by atoms with Crippen LogP contribution in [0.15, 0.2) is 12.4 Å². The van der Waals surface area contributed by atoms with Crippen molar-refractivity contribution in [3.63, 3.8) is 0 Å². The Hall–Kier alpha value is -1.40. The molecule has 0 radical (unpaired) electrons. The van der Waals surface area contributed by atoms with Crippen molar-refractivity contribution >= 4 is 22.2 Å². The summed E-state index contributed by atoms with van der Waals surface area (Å²) in [7, 11) is 0. The quantitative estimate of drug-likeness (QED) is 0.801. The molecule has 0 bridgehead atoms. The third-order valence-electron chi connectivity index (χ3n) is 3.20. The molecule has 0 N–H and O–H groups in total. The summed E-state index contributed by atoms with van der Waals surface area (Å²) in [5, 5.41) is 0. The van der Waals surface area contributed by atoms with Gasteiger partial charge in [0.25, 0.3) is 5.91 Å². The smallest absolute Gasteiger partial charge is 0.274 e. The van der Waals surface area contributed by atoms with Gasteiger partial charge in [-0.15, -0.1) is 11.3 Å². The first-order valence-electron chi connectivity index (χ1n) is 6.43. The van der Waals surface area contributed by atoms with E-state index in [0.29, 0.717) is 18.8 Å². The average molecular weight is 279 g/mol. The number of ether oxygens (including phenoxy) is 1. The highest BCUT2D eigenvalue weighted by Crippen LogP contribution is 2.19. The van der Waals surface area contributed by atoms with Gasteiger partial charge in [0.05, 0.1) is 12.2 Å². The average Bonchev–Trinajstić information content (AvgIpc) is 2.83. The van der Waals surface area contributed by atoms with Crippen molar-refractivity contribution in [3.8, 4) is 0 Å². The van der Waals surface area contributed by atoms with Crippen molar-refractivity contribution in [1.82, 2.24) is 14.3 Å². The maximum Gasteiger partial charge on any atom is 0.274 e. The number of amides is 1. The number of carbonyl (C=O) groups is 1. The van der Waals surface area contributed by atoms with Crippen molar-refractivity contribution in [2.24, 2.45) is 0 Å². The van der Waals surface area contributed by atoms with Gasteiger partial charge in [-0.1, -0.05) is 0 Å². The van der Waals surface area contributed by atoms with Crippen molar-refractivity contribution in [1.29, 1.82) is 0 Å². The van der Waals surface area contributed by atoms with Gasteiger partial charge in [-0.2, -0.15) is 0 Å². The summed E-state index contributed by atoms with van der Waals surface area (Å²) in [6.07, 6.45) is 3.97. The second-order valence-corrected chi connectivity index (χ2v) is 6.34. The number of hydrogen-bond donors (Lipinski definition) is 0. The number of aromatic nitrogens is 2. The Bertz CT molecular complexity index is 577. The fraction of sp³-hybridized carbons (Fsp3) is 0.538. The lowest BCUT2D eigenvalue weighted by molar-refractivity contribution is -0.0587. The largest absolute Gasteiger partial charge is 0.372 e. The Kier molecular flexibility index (Phi) is 3.06. The number of fused-ring (bicyclic) bond motifs is 1. The standard InChI is InChI=1S/C13H17N3O2S/c1-8-4-15(5-9(2)18-8)12(17)11-7-16-6-10(3)19-13(16)14-11/h6-9H,4-5H2,1-3H3. The van der Waals surface area contributed by atoms with Crippen LogP contribution in [-0.4, -0.2) is 45.5 Å². The summed E-state index contributed by atoms with van der Waals surface area (Å²) in [5.41, 5.74) is 0.521. The lowest BCUT2D eigenvalue weighted by atomic mass is 10.2. The van der Waals surface area contributed by atoms with E-state index in [0.717, 1.165) is 4.96 Å². The first kappa shape index (κ1) is 12.6. The summed E-state index contributed by atoms with van der Waals surface area (Å²) < 4.78 is 7.56. The first-order chi connectivity index (χ1) is 9.02. The highest BCUT2D eigenvalue weighted by atomic mass is 32.1. The van der Waals surface area contributed by atoms with E-state index in [2.05, 4.69) is 4.98 Å². The lowest BCUT2D eigenvalue weighted by Gasteiger charge is -2.34. The van der Waals surface area contributed by atoms with Crippen LogP contribution in [0, 0.1) is 6.92 Å². The molecule has 0 spiro atoms. The molecule has 2 atom stereocenters. The van der Waals surface area contributed by atoms with E-state index in [-0.39, 0.29) is 18.1 Å². The molecule has 6 heteroatoms. The third-order valence-corrected chi connectivity index (χ3v) is 4.11. The maximum atomic E-state index is 12.4. The summed E-state index contributed by atoms with van der Waals surface area (Å²) >= 11 is 1.59. The minimum atomic E-state index is -0.00412. The molecule has 1 aliphatic rings. The summed E-state index contributed by atoms with van der Waals surface area (Å²) in [4.78, 5) is 20.7. The Morgan fingerprint density at radius 2 is 2.05 bits per heavy atom. The molecule has 2 unspecified atom stereocenters. The molecule has 1 fully saturated rings. The zero-order valence-corrected chi connectivity index (χ0v) is 12.1. The zero-order chi connectivity index (χ0) is 13.6. The van der Waals surface area contributed by atoms with Crippen LogP contribution in [0.3, 0.4) is 0 Å². The minimum absolute atomic E-state index is 0.00412. The number of morpholine rings is 1. The van der Waals surface area contributed by atoms with E-state index in [4.69, 9.17) is 4.74 Å². The lowest BCUT2D eigenvalue weighted by Crippen LogP contribution is -2.48. The molecular weight excluding hydrogens is 262 g/mol. The topological polar surface area (TPSA) is 46.8 Å². The zero-order valence-electron chi connectivity index (χ0n) is 11.3.